The van der Waals surface area contributed by atoms with Crippen molar-refractivity contribution in [2.75, 3.05) is 0 Å². The molecule has 25 heavy (non-hydrogen) atoms. The number of hydrogen-bond donors (Lipinski definition) is 1. The Morgan fingerprint density at radius 1 is 1.12 bits per heavy atom. The van der Waals surface area contributed by atoms with E-state index in [4.69, 9.17) is 0 Å². The Labute approximate surface area is 149 Å². The fourth-order valence-corrected chi connectivity index (χ4v) is 4.09. The second-order valence-corrected chi connectivity index (χ2v) is 7.81. The highest BCUT2D eigenvalue weighted by molar-refractivity contribution is 5.95. The third-order valence-electron chi connectivity index (χ3n) is 6.04. The van der Waals surface area contributed by atoms with Crippen LogP contribution in [0, 0.1) is 11.8 Å². The summed E-state index contributed by atoms with van der Waals surface area (Å²) in [5.41, 5.74) is 2.88. The first-order valence-corrected chi connectivity index (χ1v) is 9.59. The van der Waals surface area contributed by atoms with Crippen molar-refractivity contribution < 1.29 is 4.79 Å². The molecule has 0 aliphatic heterocycles. The van der Waals surface area contributed by atoms with E-state index in [0.717, 1.165) is 36.2 Å². The van der Waals surface area contributed by atoms with Crippen molar-refractivity contribution in [2.45, 2.75) is 57.9 Å². The van der Waals surface area contributed by atoms with Crippen LogP contribution in [0.2, 0.25) is 0 Å². The number of carbonyl (C=O) groups excluding carboxylic acids is 1. The van der Waals surface area contributed by atoms with Gasteiger partial charge in [0.25, 0.3) is 5.91 Å². The van der Waals surface area contributed by atoms with E-state index in [1.807, 2.05) is 35.0 Å². The van der Waals surface area contributed by atoms with Crippen molar-refractivity contribution in [2.24, 2.45) is 11.8 Å². The summed E-state index contributed by atoms with van der Waals surface area (Å²) in [5, 5.41) is 7.86. The van der Waals surface area contributed by atoms with Crippen LogP contribution < -0.4 is 5.32 Å². The summed E-state index contributed by atoms with van der Waals surface area (Å²) in [5.74, 6) is 1.72. The van der Waals surface area contributed by atoms with Gasteiger partial charge in [0.15, 0.2) is 0 Å². The van der Waals surface area contributed by atoms with Gasteiger partial charge in [0.05, 0.1) is 23.1 Å². The molecule has 0 saturated heterocycles. The first-order chi connectivity index (χ1) is 12.1. The summed E-state index contributed by atoms with van der Waals surface area (Å²) in [6, 6.07) is 10.4. The number of aromatic nitrogens is 2. The van der Waals surface area contributed by atoms with Crippen LogP contribution in [0.5, 0.6) is 0 Å². The van der Waals surface area contributed by atoms with Crippen LogP contribution in [0.4, 0.5) is 0 Å². The summed E-state index contributed by atoms with van der Waals surface area (Å²) in [6.07, 6.45) is 7.61. The summed E-state index contributed by atoms with van der Waals surface area (Å²) in [4.78, 5) is 13.0. The highest BCUT2D eigenvalue weighted by Gasteiger charge is 2.34. The van der Waals surface area contributed by atoms with Gasteiger partial charge in [-0.3, -0.25) is 4.79 Å². The van der Waals surface area contributed by atoms with Gasteiger partial charge in [-0.15, -0.1) is 0 Å². The van der Waals surface area contributed by atoms with Crippen molar-refractivity contribution in [3.8, 4) is 5.69 Å². The second-order valence-electron chi connectivity index (χ2n) is 7.81. The zero-order valence-electron chi connectivity index (χ0n) is 15.1. The molecule has 3 unspecified atom stereocenters. The van der Waals surface area contributed by atoms with Gasteiger partial charge in [-0.25, -0.2) is 4.68 Å². The van der Waals surface area contributed by atoms with Crippen LogP contribution >= 0.6 is 0 Å². The predicted octanol–water partition coefficient (Wildman–Crippen LogP) is 4.30. The smallest absolute Gasteiger partial charge is 0.255 e. The normalized spacial score (nSPS) is 26.4. The van der Waals surface area contributed by atoms with Gasteiger partial charge in [-0.2, -0.15) is 5.10 Å². The number of para-hydroxylation sites is 1. The van der Waals surface area contributed by atoms with Crippen LogP contribution in [-0.2, 0) is 0 Å². The molecule has 0 bridgehead atoms. The van der Waals surface area contributed by atoms with Gasteiger partial charge in [0.1, 0.15) is 0 Å². The maximum atomic E-state index is 13.0. The number of benzene rings is 1. The fraction of sp³-hybridized carbons (Fsp3) is 0.524. The second kappa shape index (κ2) is 6.66. The average Bonchev–Trinajstić information content (AvgIpc) is 3.37. The van der Waals surface area contributed by atoms with Gasteiger partial charge < -0.3 is 5.32 Å². The molecule has 1 amide bonds. The Hall–Kier alpha value is -2.10. The average molecular weight is 337 g/mol. The van der Waals surface area contributed by atoms with Crippen LogP contribution in [-0.4, -0.2) is 21.7 Å². The highest BCUT2D eigenvalue weighted by Crippen LogP contribution is 2.42. The summed E-state index contributed by atoms with van der Waals surface area (Å²) in [6.45, 7) is 4.57. The minimum Gasteiger partial charge on any atom is -0.349 e. The largest absolute Gasteiger partial charge is 0.349 e. The minimum absolute atomic E-state index is 0.0510. The molecule has 2 saturated carbocycles. The molecule has 4 nitrogen and oxygen atoms in total. The quantitative estimate of drug-likeness (QED) is 0.904. The van der Waals surface area contributed by atoms with E-state index >= 15 is 0 Å². The lowest BCUT2D eigenvalue weighted by molar-refractivity contribution is 0.0890. The van der Waals surface area contributed by atoms with Crippen molar-refractivity contribution in [3.63, 3.8) is 0 Å². The molecule has 1 aromatic carbocycles. The number of amides is 1. The lowest BCUT2D eigenvalue weighted by Crippen LogP contribution is -2.43. The molecule has 0 radical (unpaired) electrons. The lowest BCUT2D eigenvalue weighted by atomic mass is 9.78. The molecule has 132 valence electrons. The third kappa shape index (κ3) is 3.22. The van der Waals surface area contributed by atoms with E-state index in [1.165, 1.54) is 12.8 Å². The standard InChI is InChI=1S/C21H27N3O/c1-14-7-6-10-19(15(14)2)23-21(25)18-13-22-24(20(18)16-11-12-16)17-8-4-3-5-9-17/h3-5,8-9,13-16,19H,6-7,10-12H2,1-2H3,(H,23,25). The first-order valence-electron chi connectivity index (χ1n) is 9.59. The maximum Gasteiger partial charge on any atom is 0.255 e. The van der Waals surface area contributed by atoms with E-state index in [0.29, 0.717) is 17.8 Å². The van der Waals surface area contributed by atoms with E-state index in [2.05, 4.69) is 24.3 Å². The molecule has 0 spiro atoms. The number of hydrogen-bond acceptors (Lipinski definition) is 2. The molecular formula is C21H27N3O. The number of rotatable bonds is 4. The zero-order valence-corrected chi connectivity index (χ0v) is 15.1. The third-order valence-corrected chi connectivity index (χ3v) is 6.04. The molecule has 2 aromatic rings. The van der Waals surface area contributed by atoms with E-state index in [9.17, 15) is 4.79 Å². The van der Waals surface area contributed by atoms with Gasteiger partial charge in [-0.05, 0) is 43.2 Å². The molecule has 1 heterocycles. The van der Waals surface area contributed by atoms with Crippen molar-refractivity contribution in [1.29, 1.82) is 0 Å². The van der Waals surface area contributed by atoms with Crippen LogP contribution in [0.15, 0.2) is 36.5 Å². The Bertz CT molecular complexity index is 748. The summed E-state index contributed by atoms with van der Waals surface area (Å²) >= 11 is 0. The lowest BCUT2D eigenvalue weighted by Gasteiger charge is -2.34. The van der Waals surface area contributed by atoms with Crippen molar-refractivity contribution in [1.82, 2.24) is 15.1 Å². The predicted molar refractivity (Wildman–Crippen MR) is 99.0 cm³/mol. The van der Waals surface area contributed by atoms with Crippen LogP contribution in [0.3, 0.4) is 0 Å². The fourth-order valence-electron chi connectivity index (χ4n) is 4.09. The summed E-state index contributed by atoms with van der Waals surface area (Å²) in [7, 11) is 0. The molecule has 3 atom stereocenters. The number of carbonyl (C=O) groups is 1. The molecular weight excluding hydrogens is 310 g/mol. The Morgan fingerprint density at radius 2 is 1.88 bits per heavy atom. The molecule has 1 N–H and O–H groups in total. The van der Waals surface area contributed by atoms with Gasteiger partial charge in [0.2, 0.25) is 0 Å². The van der Waals surface area contributed by atoms with E-state index in [-0.39, 0.29) is 11.9 Å². The molecule has 4 heteroatoms. The Kier molecular flexibility index (Phi) is 4.36. The highest BCUT2D eigenvalue weighted by atomic mass is 16.1. The van der Waals surface area contributed by atoms with E-state index < -0.39 is 0 Å². The molecule has 2 fully saturated rings. The van der Waals surface area contributed by atoms with Gasteiger partial charge in [0, 0.05) is 12.0 Å². The van der Waals surface area contributed by atoms with Crippen molar-refractivity contribution >= 4 is 5.91 Å². The Morgan fingerprint density at radius 3 is 2.60 bits per heavy atom. The minimum atomic E-state index is 0.0510. The van der Waals surface area contributed by atoms with Crippen molar-refractivity contribution in [3.05, 3.63) is 47.8 Å². The topological polar surface area (TPSA) is 46.9 Å². The SMILES string of the molecule is CC1CCCC(NC(=O)c2cnn(-c3ccccc3)c2C2CC2)C1C. The summed E-state index contributed by atoms with van der Waals surface area (Å²) < 4.78 is 1.96. The van der Waals surface area contributed by atoms with Gasteiger partial charge in [-0.1, -0.05) is 44.9 Å². The molecule has 2 aliphatic rings. The molecule has 2 aliphatic carbocycles. The number of nitrogens with one attached hydrogen (secondary N) is 1. The van der Waals surface area contributed by atoms with Crippen LogP contribution in [0.25, 0.3) is 5.69 Å². The monoisotopic (exact) mass is 337 g/mol. The molecule has 4 rings (SSSR count). The van der Waals surface area contributed by atoms with Gasteiger partial charge >= 0.3 is 0 Å². The zero-order chi connectivity index (χ0) is 17.4. The number of nitrogens with zero attached hydrogens (tertiary/aromatic N) is 2. The first kappa shape index (κ1) is 16.4. The molecule has 1 aromatic heterocycles. The Balaban J connectivity index is 1.60. The van der Waals surface area contributed by atoms with Crippen LogP contribution in [0.1, 0.15) is 67.9 Å². The van der Waals surface area contributed by atoms with E-state index in [1.54, 1.807) is 6.20 Å². The maximum absolute atomic E-state index is 13.0.